The molecule has 2 aromatic heterocycles. The van der Waals surface area contributed by atoms with Gasteiger partial charge in [0.25, 0.3) is 0 Å². The molecule has 0 aliphatic rings. The Morgan fingerprint density at radius 3 is 2.63 bits per heavy atom. The Bertz CT molecular complexity index is 1120. The minimum Gasteiger partial charge on any atom is -0.493 e. The first-order valence-electron chi connectivity index (χ1n) is 8.19. The van der Waals surface area contributed by atoms with Gasteiger partial charge in [-0.05, 0) is 24.3 Å². The number of fused-ring (bicyclic) bond motifs is 1. The number of aromatic nitrogens is 3. The number of oxazole rings is 1. The fourth-order valence-electron chi connectivity index (χ4n) is 2.77. The number of nitrogens with zero attached hydrogens (tertiary/aromatic N) is 4. The molecule has 0 aliphatic heterocycles. The molecule has 0 saturated heterocycles. The van der Waals surface area contributed by atoms with Gasteiger partial charge in [0.05, 0.1) is 25.1 Å². The van der Waals surface area contributed by atoms with E-state index in [9.17, 15) is 10.1 Å². The summed E-state index contributed by atoms with van der Waals surface area (Å²) in [6, 6.07) is 18.4. The molecule has 2 aromatic carbocycles. The van der Waals surface area contributed by atoms with Gasteiger partial charge in [0.1, 0.15) is 5.52 Å². The number of methoxy groups -OCH3 is 1. The number of ether oxygens (including phenoxy) is 1. The highest BCUT2D eigenvalue weighted by Crippen LogP contribution is 2.28. The van der Waals surface area contributed by atoms with Crippen molar-refractivity contribution in [3.8, 4) is 17.5 Å². The van der Waals surface area contributed by atoms with Gasteiger partial charge in [-0.15, -0.1) is 0 Å². The Kier molecular flexibility index (Phi) is 4.15. The van der Waals surface area contributed by atoms with E-state index >= 15 is 0 Å². The first kappa shape index (κ1) is 16.5. The zero-order valence-electron chi connectivity index (χ0n) is 14.4. The summed E-state index contributed by atoms with van der Waals surface area (Å²) in [5, 5.41) is 13.9. The van der Waals surface area contributed by atoms with Crippen LogP contribution in [0.25, 0.3) is 16.8 Å². The van der Waals surface area contributed by atoms with E-state index in [1.54, 1.807) is 24.4 Å². The monoisotopic (exact) mass is 358 g/mol. The summed E-state index contributed by atoms with van der Waals surface area (Å²) in [4.78, 5) is 17.3. The molecule has 0 aliphatic carbocycles. The minimum absolute atomic E-state index is 0.0417. The summed E-state index contributed by atoms with van der Waals surface area (Å²) in [5.41, 5.74) is 1.92. The molecule has 1 atom stereocenters. The van der Waals surface area contributed by atoms with E-state index < -0.39 is 11.7 Å². The molecule has 4 aromatic rings. The smallest absolute Gasteiger partial charge is 0.220 e. The van der Waals surface area contributed by atoms with Gasteiger partial charge >= 0.3 is 0 Å². The van der Waals surface area contributed by atoms with Crippen molar-refractivity contribution in [3.05, 3.63) is 72.4 Å². The van der Waals surface area contributed by atoms with Crippen LogP contribution in [0.2, 0.25) is 0 Å². The second-order valence-electron chi connectivity index (χ2n) is 5.77. The number of Topliss-reactive ketones (excluding diaryl/α,β-unsaturated/α-hetero) is 1. The molecule has 0 bridgehead atoms. The van der Waals surface area contributed by atoms with Crippen molar-refractivity contribution < 1.29 is 13.9 Å². The third-order valence-electron chi connectivity index (χ3n) is 4.10. The lowest BCUT2D eigenvalue weighted by Crippen LogP contribution is -2.13. The Balaban J connectivity index is 1.74. The summed E-state index contributed by atoms with van der Waals surface area (Å²) in [6.07, 6.45) is 1.60. The Hall–Kier alpha value is -3.92. The van der Waals surface area contributed by atoms with E-state index in [0.29, 0.717) is 11.1 Å². The van der Waals surface area contributed by atoms with Crippen molar-refractivity contribution in [1.29, 1.82) is 5.26 Å². The number of para-hydroxylation sites is 3. The van der Waals surface area contributed by atoms with Crippen molar-refractivity contribution in [1.82, 2.24) is 14.8 Å². The van der Waals surface area contributed by atoms with E-state index in [4.69, 9.17) is 9.15 Å². The van der Waals surface area contributed by atoms with Gasteiger partial charge in [-0.3, -0.25) is 4.79 Å². The van der Waals surface area contributed by atoms with Crippen LogP contribution in [-0.4, -0.2) is 27.7 Å². The van der Waals surface area contributed by atoms with Crippen LogP contribution in [0.1, 0.15) is 22.3 Å². The zero-order valence-corrected chi connectivity index (χ0v) is 14.4. The van der Waals surface area contributed by atoms with Gasteiger partial charge in [0, 0.05) is 0 Å². The van der Waals surface area contributed by atoms with Crippen LogP contribution in [0.4, 0.5) is 0 Å². The second kappa shape index (κ2) is 6.77. The lowest BCUT2D eigenvalue weighted by Gasteiger charge is -2.03. The van der Waals surface area contributed by atoms with Crippen molar-refractivity contribution in [2.45, 2.75) is 5.92 Å². The van der Waals surface area contributed by atoms with Crippen LogP contribution in [0, 0.1) is 11.3 Å². The molecule has 0 unspecified atom stereocenters. The van der Waals surface area contributed by atoms with E-state index in [0.717, 1.165) is 5.69 Å². The first-order chi connectivity index (χ1) is 13.2. The maximum absolute atomic E-state index is 13.0. The number of carbonyl (C=O) groups is 1. The quantitative estimate of drug-likeness (QED) is 0.507. The molecule has 0 saturated carbocycles. The van der Waals surface area contributed by atoms with Gasteiger partial charge in [-0.2, -0.15) is 10.4 Å². The normalized spacial score (nSPS) is 11.9. The molecule has 0 N–H and O–H groups in total. The Morgan fingerprint density at radius 1 is 1.19 bits per heavy atom. The van der Waals surface area contributed by atoms with Crippen LogP contribution >= 0.6 is 0 Å². The summed E-state index contributed by atoms with van der Waals surface area (Å²) >= 11 is 0. The highest BCUT2D eigenvalue weighted by Gasteiger charge is 2.31. The molecule has 0 amide bonds. The molecule has 7 heteroatoms. The number of hydrogen-bond donors (Lipinski definition) is 0. The van der Waals surface area contributed by atoms with E-state index in [1.807, 2.05) is 42.5 Å². The summed E-state index contributed by atoms with van der Waals surface area (Å²) in [6.45, 7) is 0. The summed E-state index contributed by atoms with van der Waals surface area (Å²) in [5.74, 6) is -1.43. The highest BCUT2D eigenvalue weighted by molar-refractivity contribution is 6.03. The van der Waals surface area contributed by atoms with Crippen LogP contribution in [0.15, 0.2) is 65.2 Å². The predicted octanol–water partition coefficient (Wildman–Crippen LogP) is 3.51. The highest BCUT2D eigenvalue weighted by atomic mass is 16.5. The van der Waals surface area contributed by atoms with Crippen molar-refractivity contribution in [2.24, 2.45) is 0 Å². The van der Waals surface area contributed by atoms with E-state index in [-0.39, 0.29) is 17.3 Å². The van der Waals surface area contributed by atoms with Crippen molar-refractivity contribution >= 4 is 16.9 Å². The predicted molar refractivity (Wildman–Crippen MR) is 96.8 cm³/mol. The number of hydrogen-bond acceptors (Lipinski definition) is 6. The first-order valence-corrected chi connectivity index (χ1v) is 8.19. The fraction of sp³-hybridized carbons (Fsp3) is 0.100. The van der Waals surface area contributed by atoms with Gasteiger partial charge < -0.3 is 9.15 Å². The average molecular weight is 358 g/mol. The molecular formula is C20H14N4O3. The largest absolute Gasteiger partial charge is 0.493 e. The zero-order chi connectivity index (χ0) is 18.8. The third-order valence-corrected chi connectivity index (χ3v) is 4.10. The molecular weight excluding hydrogens is 344 g/mol. The Labute approximate surface area is 154 Å². The third kappa shape index (κ3) is 2.93. The number of benzene rings is 2. The topological polar surface area (TPSA) is 93.9 Å². The molecule has 0 spiro atoms. The van der Waals surface area contributed by atoms with Crippen molar-refractivity contribution in [2.75, 3.05) is 7.11 Å². The van der Waals surface area contributed by atoms with Gasteiger partial charge in [-0.25, -0.2) is 9.67 Å². The maximum Gasteiger partial charge on any atom is 0.220 e. The summed E-state index contributed by atoms with van der Waals surface area (Å²) < 4.78 is 12.4. The minimum atomic E-state index is -1.22. The van der Waals surface area contributed by atoms with Crippen LogP contribution in [-0.2, 0) is 0 Å². The molecule has 132 valence electrons. The van der Waals surface area contributed by atoms with Crippen LogP contribution in [0.5, 0.6) is 5.75 Å². The second-order valence-corrected chi connectivity index (χ2v) is 5.77. The van der Waals surface area contributed by atoms with Crippen LogP contribution in [0.3, 0.4) is 0 Å². The molecule has 27 heavy (non-hydrogen) atoms. The van der Waals surface area contributed by atoms with E-state index in [2.05, 4.69) is 10.1 Å². The number of nitriles is 1. The SMILES string of the molecule is COc1cn(-c2ccccc2)nc1C(=O)[C@@H](C#N)c1nc2ccccc2o1. The fourth-order valence-corrected chi connectivity index (χ4v) is 2.77. The molecule has 2 heterocycles. The lowest BCUT2D eigenvalue weighted by atomic mass is 10.0. The average Bonchev–Trinajstić information content (AvgIpc) is 3.33. The lowest BCUT2D eigenvalue weighted by molar-refractivity contribution is 0.0962. The van der Waals surface area contributed by atoms with Crippen molar-refractivity contribution in [3.63, 3.8) is 0 Å². The standard InChI is InChI=1S/C20H14N4O3/c1-26-17-12-24(13-7-3-2-4-8-13)23-18(17)19(25)14(11-21)20-22-15-9-5-6-10-16(15)27-20/h2-10,12,14H,1H3/t14-/m1/s1. The molecule has 0 radical (unpaired) electrons. The van der Waals surface area contributed by atoms with Crippen LogP contribution < -0.4 is 4.74 Å². The van der Waals surface area contributed by atoms with Gasteiger partial charge in [0.2, 0.25) is 11.7 Å². The maximum atomic E-state index is 13.0. The Morgan fingerprint density at radius 2 is 1.93 bits per heavy atom. The van der Waals surface area contributed by atoms with E-state index in [1.165, 1.54) is 11.8 Å². The molecule has 4 rings (SSSR count). The summed E-state index contributed by atoms with van der Waals surface area (Å²) in [7, 11) is 1.45. The van der Waals surface area contributed by atoms with Gasteiger partial charge in [0.15, 0.2) is 22.9 Å². The number of rotatable bonds is 5. The number of carbonyl (C=O) groups excluding carboxylic acids is 1. The number of ketones is 1. The van der Waals surface area contributed by atoms with Gasteiger partial charge in [-0.1, -0.05) is 30.3 Å². The molecule has 0 fully saturated rings. The molecule has 7 nitrogen and oxygen atoms in total.